The molecule has 23 heavy (non-hydrogen) atoms. The van der Waals surface area contributed by atoms with Crippen molar-refractivity contribution in [2.75, 3.05) is 6.61 Å². The molecule has 0 saturated heterocycles. The van der Waals surface area contributed by atoms with E-state index in [1.165, 1.54) is 12.8 Å². The van der Waals surface area contributed by atoms with Crippen LogP contribution in [0.2, 0.25) is 0 Å². The standard InChI is InChI=1S/C16H28N4O3/c1-4-16(3,9-10-21)19-15(22)17-11(2)14-18-13(20-23-14)12-7-5-6-8-12/h11-12,21H,4-10H2,1-3H3,(H2,17,19,22). The monoisotopic (exact) mass is 324 g/mol. The van der Waals surface area contributed by atoms with Gasteiger partial charge in [0.25, 0.3) is 0 Å². The third-order valence-electron chi connectivity index (χ3n) is 4.76. The number of urea groups is 1. The van der Waals surface area contributed by atoms with Crippen LogP contribution in [0.4, 0.5) is 4.79 Å². The first-order chi connectivity index (χ1) is 11.0. The third-order valence-corrected chi connectivity index (χ3v) is 4.76. The summed E-state index contributed by atoms with van der Waals surface area (Å²) in [6, 6.07) is -0.649. The van der Waals surface area contributed by atoms with Gasteiger partial charge in [-0.2, -0.15) is 4.98 Å². The van der Waals surface area contributed by atoms with Gasteiger partial charge >= 0.3 is 6.03 Å². The molecule has 7 nitrogen and oxygen atoms in total. The Morgan fingerprint density at radius 3 is 2.78 bits per heavy atom. The predicted octanol–water partition coefficient (Wildman–Crippen LogP) is 2.64. The van der Waals surface area contributed by atoms with Gasteiger partial charge in [-0.3, -0.25) is 0 Å². The van der Waals surface area contributed by atoms with Gasteiger partial charge in [0.15, 0.2) is 5.82 Å². The van der Waals surface area contributed by atoms with Crippen LogP contribution in [0.25, 0.3) is 0 Å². The highest BCUT2D eigenvalue weighted by Gasteiger charge is 2.27. The third kappa shape index (κ3) is 4.67. The minimum Gasteiger partial charge on any atom is -0.396 e. The zero-order chi connectivity index (χ0) is 16.9. The van der Waals surface area contributed by atoms with E-state index < -0.39 is 5.54 Å². The first kappa shape index (κ1) is 17.7. The average Bonchev–Trinajstić information content (AvgIpc) is 3.18. The maximum absolute atomic E-state index is 12.1. The fourth-order valence-corrected chi connectivity index (χ4v) is 2.92. The lowest BCUT2D eigenvalue weighted by Crippen LogP contribution is -2.50. The van der Waals surface area contributed by atoms with Crippen molar-refractivity contribution >= 4 is 6.03 Å². The van der Waals surface area contributed by atoms with Gasteiger partial charge in [-0.1, -0.05) is 24.9 Å². The van der Waals surface area contributed by atoms with Gasteiger partial charge in [0, 0.05) is 18.1 Å². The molecule has 2 rings (SSSR count). The van der Waals surface area contributed by atoms with E-state index in [2.05, 4.69) is 20.8 Å². The van der Waals surface area contributed by atoms with Crippen LogP contribution in [0.5, 0.6) is 0 Å². The highest BCUT2D eigenvalue weighted by molar-refractivity contribution is 5.75. The summed E-state index contributed by atoms with van der Waals surface area (Å²) in [6.45, 7) is 5.75. The van der Waals surface area contributed by atoms with E-state index in [0.29, 0.717) is 18.2 Å². The number of carbonyl (C=O) groups excluding carboxylic acids is 1. The summed E-state index contributed by atoms with van der Waals surface area (Å²) in [7, 11) is 0. The van der Waals surface area contributed by atoms with Crippen LogP contribution >= 0.6 is 0 Å². The summed E-state index contributed by atoms with van der Waals surface area (Å²) in [5.41, 5.74) is -0.428. The number of nitrogens with one attached hydrogen (secondary N) is 2. The highest BCUT2D eigenvalue weighted by Crippen LogP contribution is 2.32. The Morgan fingerprint density at radius 1 is 1.48 bits per heavy atom. The lowest BCUT2D eigenvalue weighted by molar-refractivity contribution is 0.197. The lowest BCUT2D eigenvalue weighted by Gasteiger charge is -2.29. The Kier molecular flexibility index (Phi) is 5.98. The predicted molar refractivity (Wildman–Crippen MR) is 86.0 cm³/mol. The minimum atomic E-state index is -0.428. The molecule has 1 aromatic rings. The number of aliphatic hydroxyl groups excluding tert-OH is 1. The van der Waals surface area contributed by atoms with Crippen molar-refractivity contribution in [3.05, 3.63) is 11.7 Å². The first-order valence-corrected chi connectivity index (χ1v) is 8.50. The summed E-state index contributed by atoms with van der Waals surface area (Å²) in [5, 5.41) is 18.9. The second kappa shape index (κ2) is 7.77. The van der Waals surface area contributed by atoms with Crippen molar-refractivity contribution in [3.63, 3.8) is 0 Å². The van der Waals surface area contributed by atoms with Crippen LogP contribution in [0.3, 0.4) is 0 Å². The summed E-state index contributed by atoms with van der Waals surface area (Å²) < 4.78 is 5.30. The summed E-state index contributed by atoms with van der Waals surface area (Å²) >= 11 is 0. The molecule has 3 N–H and O–H groups in total. The van der Waals surface area contributed by atoms with Gasteiger partial charge in [-0.25, -0.2) is 4.79 Å². The molecule has 0 radical (unpaired) electrons. The number of amides is 2. The van der Waals surface area contributed by atoms with Crippen LogP contribution in [0.1, 0.15) is 83.0 Å². The van der Waals surface area contributed by atoms with Crippen molar-refractivity contribution in [3.8, 4) is 0 Å². The SMILES string of the molecule is CCC(C)(CCO)NC(=O)NC(C)c1nc(C2CCCC2)no1. The van der Waals surface area contributed by atoms with E-state index in [1.807, 2.05) is 20.8 Å². The van der Waals surface area contributed by atoms with E-state index >= 15 is 0 Å². The Hall–Kier alpha value is -1.63. The summed E-state index contributed by atoms with van der Waals surface area (Å²) in [5.74, 6) is 1.58. The summed E-state index contributed by atoms with van der Waals surface area (Å²) in [6.07, 6.45) is 5.89. The molecule has 1 aliphatic rings. The fourth-order valence-electron chi connectivity index (χ4n) is 2.92. The Labute approximate surface area is 137 Å². The van der Waals surface area contributed by atoms with E-state index in [9.17, 15) is 4.79 Å². The molecular weight excluding hydrogens is 296 g/mol. The van der Waals surface area contributed by atoms with Crippen molar-refractivity contribution in [2.24, 2.45) is 0 Å². The number of aliphatic hydroxyl groups is 1. The minimum absolute atomic E-state index is 0.0363. The number of rotatable bonds is 7. The maximum atomic E-state index is 12.1. The fraction of sp³-hybridized carbons (Fsp3) is 0.812. The first-order valence-electron chi connectivity index (χ1n) is 8.50. The topological polar surface area (TPSA) is 100 Å². The van der Waals surface area contributed by atoms with Gasteiger partial charge in [-0.05, 0) is 39.5 Å². The second-order valence-corrected chi connectivity index (χ2v) is 6.68. The van der Waals surface area contributed by atoms with Crippen LogP contribution < -0.4 is 10.6 Å². The average molecular weight is 324 g/mol. The molecular formula is C16H28N4O3. The van der Waals surface area contributed by atoms with Gasteiger partial charge in [0.2, 0.25) is 5.89 Å². The van der Waals surface area contributed by atoms with E-state index in [0.717, 1.165) is 25.1 Å². The van der Waals surface area contributed by atoms with Gasteiger partial charge in [-0.15, -0.1) is 0 Å². The zero-order valence-corrected chi connectivity index (χ0v) is 14.3. The molecule has 0 spiro atoms. The maximum Gasteiger partial charge on any atom is 0.315 e. The van der Waals surface area contributed by atoms with Gasteiger partial charge < -0.3 is 20.3 Å². The number of hydrogen-bond donors (Lipinski definition) is 3. The molecule has 2 unspecified atom stereocenters. The molecule has 0 aromatic carbocycles. The van der Waals surface area contributed by atoms with E-state index in [1.54, 1.807) is 0 Å². The molecule has 1 heterocycles. The second-order valence-electron chi connectivity index (χ2n) is 6.68. The zero-order valence-electron chi connectivity index (χ0n) is 14.3. The molecule has 7 heteroatoms. The molecule has 2 amide bonds. The molecule has 1 aliphatic carbocycles. The number of nitrogens with zero attached hydrogens (tertiary/aromatic N) is 2. The van der Waals surface area contributed by atoms with Crippen molar-refractivity contribution in [1.82, 2.24) is 20.8 Å². The lowest BCUT2D eigenvalue weighted by atomic mass is 9.95. The Morgan fingerprint density at radius 2 is 2.17 bits per heavy atom. The van der Waals surface area contributed by atoms with E-state index in [-0.39, 0.29) is 18.7 Å². The molecule has 130 valence electrons. The highest BCUT2D eigenvalue weighted by atomic mass is 16.5. The molecule has 0 aliphatic heterocycles. The van der Waals surface area contributed by atoms with Crippen LogP contribution in [0.15, 0.2) is 4.52 Å². The summed E-state index contributed by atoms with van der Waals surface area (Å²) in [4.78, 5) is 16.6. The molecule has 1 aromatic heterocycles. The van der Waals surface area contributed by atoms with Gasteiger partial charge in [0.05, 0.1) is 0 Å². The van der Waals surface area contributed by atoms with Crippen molar-refractivity contribution in [2.45, 2.75) is 76.8 Å². The number of hydrogen-bond acceptors (Lipinski definition) is 5. The number of carbonyl (C=O) groups is 1. The largest absolute Gasteiger partial charge is 0.396 e. The molecule has 0 bridgehead atoms. The quantitative estimate of drug-likeness (QED) is 0.716. The molecule has 2 atom stereocenters. The smallest absolute Gasteiger partial charge is 0.315 e. The molecule has 1 fully saturated rings. The normalized spacial score (nSPS) is 19.3. The van der Waals surface area contributed by atoms with Crippen molar-refractivity contribution in [1.29, 1.82) is 0 Å². The van der Waals surface area contributed by atoms with Crippen LogP contribution in [-0.4, -0.2) is 33.4 Å². The van der Waals surface area contributed by atoms with Crippen molar-refractivity contribution < 1.29 is 14.4 Å². The Bertz CT molecular complexity index is 513. The van der Waals surface area contributed by atoms with Gasteiger partial charge in [0.1, 0.15) is 6.04 Å². The van der Waals surface area contributed by atoms with Crippen LogP contribution in [0, 0.1) is 0 Å². The van der Waals surface area contributed by atoms with E-state index in [4.69, 9.17) is 9.63 Å². The number of aromatic nitrogens is 2. The van der Waals surface area contributed by atoms with Crippen LogP contribution in [-0.2, 0) is 0 Å². The Balaban J connectivity index is 1.90. The molecule has 1 saturated carbocycles.